The molecule has 0 spiro atoms. The standard InChI is InChI=1S/C16H15N3O2/c20-16(17-10-8-15-3-1-12-21-15)13-4-6-14(7-5-13)19-11-2-9-18-19/h1-7,9,11-12H,8,10H2,(H,17,20). The molecule has 3 rings (SSSR count). The van der Waals surface area contributed by atoms with Gasteiger partial charge >= 0.3 is 0 Å². The van der Waals surface area contributed by atoms with Crippen molar-refractivity contribution in [3.63, 3.8) is 0 Å². The number of aromatic nitrogens is 2. The van der Waals surface area contributed by atoms with Crippen molar-refractivity contribution in [1.82, 2.24) is 15.1 Å². The Labute approximate surface area is 122 Å². The Bertz CT molecular complexity index is 686. The van der Waals surface area contributed by atoms with E-state index in [1.807, 2.05) is 36.5 Å². The van der Waals surface area contributed by atoms with Crippen LogP contribution >= 0.6 is 0 Å². The number of benzene rings is 1. The maximum absolute atomic E-state index is 12.0. The van der Waals surface area contributed by atoms with E-state index >= 15 is 0 Å². The second kappa shape index (κ2) is 6.09. The largest absolute Gasteiger partial charge is 0.469 e. The Kier molecular flexibility index (Phi) is 3.82. The van der Waals surface area contributed by atoms with E-state index in [2.05, 4.69) is 10.4 Å². The average Bonchev–Trinajstić information content (AvgIpc) is 3.21. The fraction of sp³-hybridized carbons (Fsp3) is 0.125. The summed E-state index contributed by atoms with van der Waals surface area (Å²) in [6, 6.07) is 12.9. The number of hydrogen-bond acceptors (Lipinski definition) is 3. The number of carbonyl (C=O) groups excluding carboxylic acids is 1. The van der Waals surface area contributed by atoms with E-state index < -0.39 is 0 Å². The molecule has 1 N–H and O–H groups in total. The molecule has 0 bridgehead atoms. The van der Waals surface area contributed by atoms with Crippen LogP contribution in [0.3, 0.4) is 0 Å². The Balaban J connectivity index is 1.57. The second-order valence-electron chi connectivity index (χ2n) is 4.58. The fourth-order valence-electron chi connectivity index (χ4n) is 2.04. The maximum Gasteiger partial charge on any atom is 0.251 e. The van der Waals surface area contributed by atoms with Gasteiger partial charge in [0.2, 0.25) is 0 Å². The molecule has 0 saturated carbocycles. The first kappa shape index (κ1) is 13.2. The topological polar surface area (TPSA) is 60.1 Å². The number of nitrogens with zero attached hydrogens (tertiary/aromatic N) is 2. The summed E-state index contributed by atoms with van der Waals surface area (Å²) in [6.45, 7) is 0.549. The normalized spacial score (nSPS) is 10.5. The zero-order valence-electron chi connectivity index (χ0n) is 11.4. The monoisotopic (exact) mass is 281 g/mol. The summed E-state index contributed by atoms with van der Waals surface area (Å²) >= 11 is 0. The molecular formula is C16H15N3O2. The maximum atomic E-state index is 12.0. The van der Waals surface area contributed by atoms with Gasteiger partial charge in [0.25, 0.3) is 5.91 Å². The molecule has 106 valence electrons. The molecule has 0 aliphatic carbocycles. The van der Waals surface area contributed by atoms with Crippen molar-refractivity contribution in [2.75, 3.05) is 6.54 Å². The quantitative estimate of drug-likeness (QED) is 0.781. The van der Waals surface area contributed by atoms with Crippen LogP contribution in [0, 0.1) is 0 Å². The minimum atomic E-state index is -0.0893. The molecule has 0 unspecified atom stereocenters. The highest BCUT2D eigenvalue weighted by Crippen LogP contribution is 2.08. The fourth-order valence-corrected chi connectivity index (χ4v) is 2.04. The van der Waals surface area contributed by atoms with Gasteiger partial charge < -0.3 is 9.73 Å². The Morgan fingerprint density at radius 1 is 1.19 bits per heavy atom. The van der Waals surface area contributed by atoms with Crippen LogP contribution in [0.15, 0.2) is 65.5 Å². The number of amides is 1. The number of nitrogens with one attached hydrogen (secondary N) is 1. The van der Waals surface area contributed by atoms with E-state index in [-0.39, 0.29) is 5.91 Å². The predicted octanol–water partition coefficient (Wildman–Crippen LogP) is 2.44. The van der Waals surface area contributed by atoms with Gasteiger partial charge in [0.1, 0.15) is 5.76 Å². The SMILES string of the molecule is O=C(NCCc1ccco1)c1ccc(-n2cccn2)cc1. The smallest absolute Gasteiger partial charge is 0.251 e. The Morgan fingerprint density at radius 3 is 2.71 bits per heavy atom. The molecule has 0 fully saturated rings. The number of hydrogen-bond donors (Lipinski definition) is 1. The molecule has 1 aromatic carbocycles. The molecule has 0 radical (unpaired) electrons. The first-order valence-electron chi connectivity index (χ1n) is 6.73. The first-order valence-corrected chi connectivity index (χ1v) is 6.73. The molecule has 3 aromatic rings. The van der Waals surface area contributed by atoms with Gasteiger partial charge in [-0.15, -0.1) is 0 Å². The summed E-state index contributed by atoms with van der Waals surface area (Å²) in [6.07, 6.45) is 5.89. The second-order valence-corrected chi connectivity index (χ2v) is 4.58. The van der Waals surface area contributed by atoms with E-state index in [0.717, 1.165) is 11.4 Å². The zero-order chi connectivity index (χ0) is 14.5. The van der Waals surface area contributed by atoms with Gasteiger partial charge in [-0.2, -0.15) is 5.10 Å². The minimum absolute atomic E-state index is 0.0893. The van der Waals surface area contributed by atoms with E-state index in [0.29, 0.717) is 18.5 Å². The lowest BCUT2D eigenvalue weighted by atomic mass is 10.2. The van der Waals surface area contributed by atoms with Crippen molar-refractivity contribution >= 4 is 5.91 Å². The van der Waals surface area contributed by atoms with Crippen molar-refractivity contribution in [2.24, 2.45) is 0 Å². The molecule has 0 aliphatic heterocycles. The molecule has 5 heteroatoms. The number of furan rings is 1. The van der Waals surface area contributed by atoms with Gasteiger partial charge in [0.05, 0.1) is 12.0 Å². The van der Waals surface area contributed by atoms with Crippen molar-refractivity contribution in [3.05, 3.63) is 72.4 Å². The summed E-state index contributed by atoms with van der Waals surface area (Å²) in [5.41, 5.74) is 1.55. The predicted molar refractivity (Wildman–Crippen MR) is 78.3 cm³/mol. The highest BCUT2D eigenvalue weighted by atomic mass is 16.3. The molecule has 0 saturated heterocycles. The Morgan fingerprint density at radius 2 is 2.05 bits per heavy atom. The number of rotatable bonds is 5. The Hall–Kier alpha value is -2.82. The molecule has 2 heterocycles. The molecule has 1 amide bonds. The molecule has 2 aromatic heterocycles. The lowest BCUT2D eigenvalue weighted by Crippen LogP contribution is -2.25. The van der Waals surface area contributed by atoms with Gasteiger partial charge in [-0.3, -0.25) is 4.79 Å². The third-order valence-corrected chi connectivity index (χ3v) is 3.14. The summed E-state index contributed by atoms with van der Waals surface area (Å²) in [7, 11) is 0. The third-order valence-electron chi connectivity index (χ3n) is 3.14. The van der Waals surface area contributed by atoms with Crippen molar-refractivity contribution in [3.8, 4) is 5.69 Å². The minimum Gasteiger partial charge on any atom is -0.469 e. The van der Waals surface area contributed by atoms with Gasteiger partial charge in [-0.1, -0.05) is 0 Å². The molecular weight excluding hydrogens is 266 g/mol. The van der Waals surface area contributed by atoms with Crippen LogP contribution in [0.5, 0.6) is 0 Å². The van der Waals surface area contributed by atoms with Crippen LogP contribution in [-0.2, 0) is 6.42 Å². The molecule has 0 aliphatic rings. The summed E-state index contributed by atoms with van der Waals surface area (Å²) in [4.78, 5) is 12.0. The zero-order valence-corrected chi connectivity index (χ0v) is 11.4. The highest BCUT2D eigenvalue weighted by molar-refractivity contribution is 5.94. The summed E-state index contributed by atoms with van der Waals surface area (Å²) in [5, 5.41) is 7.01. The van der Waals surface area contributed by atoms with Gasteiger partial charge in [-0.25, -0.2) is 4.68 Å². The average molecular weight is 281 g/mol. The van der Waals surface area contributed by atoms with Crippen LogP contribution in [0.1, 0.15) is 16.1 Å². The van der Waals surface area contributed by atoms with Gasteiger partial charge in [0.15, 0.2) is 0 Å². The van der Waals surface area contributed by atoms with E-state index in [9.17, 15) is 4.79 Å². The summed E-state index contributed by atoms with van der Waals surface area (Å²) in [5.74, 6) is 0.776. The molecule has 21 heavy (non-hydrogen) atoms. The van der Waals surface area contributed by atoms with Crippen LogP contribution in [-0.4, -0.2) is 22.2 Å². The van der Waals surface area contributed by atoms with Crippen molar-refractivity contribution < 1.29 is 9.21 Å². The van der Waals surface area contributed by atoms with E-state index in [1.54, 1.807) is 29.3 Å². The lowest BCUT2D eigenvalue weighted by molar-refractivity contribution is 0.0953. The molecule has 5 nitrogen and oxygen atoms in total. The van der Waals surface area contributed by atoms with Crippen LogP contribution in [0.25, 0.3) is 5.69 Å². The highest BCUT2D eigenvalue weighted by Gasteiger charge is 2.06. The number of carbonyl (C=O) groups is 1. The van der Waals surface area contributed by atoms with Crippen molar-refractivity contribution in [2.45, 2.75) is 6.42 Å². The van der Waals surface area contributed by atoms with E-state index in [1.165, 1.54) is 0 Å². The van der Waals surface area contributed by atoms with Crippen molar-refractivity contribution in [1.29, 1.82) is 0 Å². The van der Waals surface area contributed by atoms with Crippen LogP contribution in [0.2, 0.25) is 0 Å². The summed E-state index contributed by atoms with van der Waals surface area (Å²) < 4.78 is 6.97. The lowest BCUT2D eigenvalue weighted by Gasteiger charge is -2.06. The third kappa shape index (κ3) is 3.20. The van der Waals surface area contributed by atoms with Crippen LogP contribution in [0.4, 0.5) is 0 Å². The first-order chi connectivity index (χ1) is 10.3. The van der Waals surface area contributed by atoms with Gasteiger partial charge in [-0.05, 0) is 42.5 Å². The van der Waals surface area contributed by atoms with E-state index in [4.69, 9.17) is 4.42 Å². The molecule has 0 atom stereocenters. The van der Waals surface area contributed by atoms with Gasteiger partial charge in [0, 0.05) is 30.9 Å². The van der Waals surface area contributed by atoms with Crippen LogP contribution < -0.4 is 5.32 Å².